The van der Waals surface area contributed by atoms with Crippen LogP contribution < -0.4 is 5.32 Å². The number of Topliss-reactive ketones (excluding diaryl/α,β-unsaturated/α-hetero) is 1. The van der Waals surface area contributed by atoms with E-state index in [2.05, 4.69) is 21.4 Å². The lowest BCUT2D eigenvalue weighted by Gasteiger charge is -2.29. The molecule has 0 radical (unpaired) electrons. The van der Waals surface area contributed by atoms with Gasteiger partial charge in [-0.15, -0.1) is 11.3 Å². The van der Waals surface area contributed by atoms with Crippen LogP contribution in [-0.4, -0.2) is 27.5 Å². The molecule has 1 aromatic heterocycles. The molecule has 2 heterocycles. The molecule has 2 aromatic rings. The number of allylic oxidation sites excluding steroid dienone is 2. The summed E-state index contributed by atoms with van der Waals surface area (Å²) in [5, 5.41) is 16.0. The molecule has 3 rings (SSSR count). The molecule has 1 unspecified atom stereocenters. The van der Waals surface area contributed by atoms with Crippen LogP contribution in [-0.2, 0) is 9.59 Å². The van der Waals surface area contributed by atoms with E-state index >= 15 is 0 Å². The highest BCUT2D eigenvalue weighted by atomic mass is 35.5. The Morgan fingerprint density at radius 2 is 2.07 bits per heavy atom. The molecule has 0 fully saturated rings. The van der Waals surface area contributed by atoms with E-state index in [1.54, 1.807) is 30.6 Å². The summed E-state index contributed by atoms with van der Waals surface area (Å²) in [6.07, 6.45) is 1.61. The van der Waals surface area contributed by atoms with Crippen LogP contribution in [0.1, 0.15) is 25.3 Å². The van der Waals surface area contributed by atoms with Gasteiger partial charge in [-0.1, -0.05) is 35.5 Å². The van der Waals surface area contributed by atoms with E-state index in [1.807, 2.05) is 12.1 Å². The number of nitriles is 1. The van der Waals surface area contributed by atoms with Crippen LogP contribution in [0.3, 0.4) is 0 Å². The Morgan fingerprint density at radius 3 is 2.66 bits per heavy atom. The highest BCUT2D eigenvalue weighted by molar-refractivity contribution is 8.14. The monoisotopic (exact) mass is 444 g/mol. The molecule has 0 saturated heterocycles. The first kappa shape index (κ1) is 21.2. The molecule has 2 atom stereocenters. The number of carbonyl (C=O) groups is 2. The van der Waals surface area contributed by atoms with Crippen LogP contribution in [0.4, 0.5) is 5.13 Å². The number of hydrogen-bond acceptors (Lipinski definition) is 7. The minimum atomic E-state index is -0.670. The number of halogens is 1. The second-order valence-corrected chi connectivity index (χ2v) is 8.64. The summed E-state index contributed by atoms with van der Waals surface area (Å²) >= 11 is 8.53. The minimum absolute atomic E-state index is 0.0899. The molecule has 1 aliphatic heterocycles. The number of aliphatic imine (C=N–C) groups is 1. The summed E-state index contributed by atoms with van der Waals surface area (Å²) in [4.78, 5) is 33.1. The van der Waals surface area contributed by atoms with Crippen molar-refractivity contribution in [1.82, 2.24) is 4.98 Å². The molecule has 1 aliphatic rings. The van der Waals surface area contributed by atoms with E-state index in [4.69, 9.17) is 11.6 Å². The lowest BCUT2D eigenvalue weighted by atomic mass is 9.78. The third kappa shape index (κ3) is 4.93. The van der Waals surface area contributed by atoms with Crippen molar-refractivity contribution >= 4 is 56.6 Å². The molecule has 6 nitrogen and oxygen atoms in total. The Morgan fingerprint density at radius 1 is 1.34 bits per heavy atom. The maximum absolute atomic E-state index is 12.3. The number of amides is 1. The second-order valence-electron chi connectivity index (χ2n) is 6.32. The van der Waals surface area contributed by atoms with Crippen molar-refractivity contribution in [1.29, 1.82) is 5.26 Å². The molecule has 29 heavy (non-hydrogen) atoms. The zero-order valence-electron chi connectivity index (χ0n) is 15.7. The van der Waals surface area contributed by atoms with E-state index < -0.39 is 11.8 Å². The first-order chi connectivity index (χ1) is 13.9. The molecule has 0 aliphatic carbocycles. The average Bonchev–Trinajstić information content (AvgIpc) is 3.19. The molecular weight excluding hydrogens is 428 g/mol. The zero-order valence-corrected chi connectivity index (χ0v) is 18.1. The first-order valence-corrected chi connectivity index (χ1v) is 10.9. The lowest BCUT2D eigenvalue weighted by Crippen LogP contribution is -2.29. The third-order valence-electron chi connectivity index (χ3n) is 4.36. The molecule has 0 saturated carbocycles. The van der Waals surface area contributed by atoms with E-state index in [9.17, 15) is 14.9 Å². The van der Waals surface area contributed by atoms with Gasteiger partial charge in [-0.25, -0.2) is 9.98 Å². The van der Waals surface area contributed by atoms with Crippen LogP contribution in [0, 0.1) is 17.2 Å². The smallest absolute Gasteiger partial charge is 0.236 e. The number of nitrogens with zero attached hydrogens (tertiary/aromatic N) is 3. The highest BCUT2D eigenvalue weighted by Crippen LogP contribution is 2.41. The summed E-state index contributed by atoms with van der Waals surface area (Å²) < 4.78 is 0. The average molecular weight is 445 g/mol. The number of nitrogens with one attached hydrogen (secondary N) is 1. The van der Waals surface area contributed by atoms with E-state index in [-0.39, 0.29) is 17.4 Å². The van der Waals surface area contributed by atoms with Crippen molar-refractivity contribution in [3.05, 3.63) is 57.7 Å². The van der Waals surface area contributed by atoms with Crippen molar-refractivity contribution in [2.75, 3.05) is 11.1 Å². The van der Waals surface area contributed by atoms with Gasteiger partial charge in [0.05, 0.1) is 16.9 Å². The number of thiazole rings is 1. The molecule has 9 heteroatoms. The number of ketones is 1. The summed E-state index contributed by atoms with van der Waals surface area (Å²) in [7, 11) is 0. The molecule has 1 aromatic carbocycles. The van der Waals surface area contributed by atoms with Crippen LogP contribution in [0.2, 0.25) is 5.02 Å². The van der Waals surface area contributed by atoms with E-state index in [0.29, 0.717) is 26.5 Å². The van der Waals surface area contributed by atoms with Crippen molar-refractivity contribution in [2.45, 2.75) is 19.8 Å². The van der Waals surface area contributed by atoms with Crippen molar-refractivity contribution in [2.24, 2.45) is 10.9 Å². The quantitative estimate of drug-likeness (QED) is 0.723. The van der Waals surface area contributed by atoms with Crippen molar-refractivity contribution < 1.29 is 9.59 Å². The molecular formula is C20H17ClN4O2S2. The van der Waals surface area contributed by atoms with Gasteiger partial charge in [-0.3, -0.25) is 9.59 Å². The molecule has 1 N–H and O–H groups in total. The van der Waals surface area contributed by atoms with Gasteiger partial charge in [0.25, 0.3) is 0 Å². The SMILES string of the molecule is CC(=O)C1=C(C)N=C(SCC(=O)Nc2nccs2)C(C#N)[C@H]1c1ccc(Cl)cc1. The molecule has 0 bridgehead atoms. The largest absolute Gasteiger partial charge is 0.301 e. The Labute approximate surface area is 181 Å². The summed E-state index contributed by atoms with van der Waals surface area (Å²) in [5.74, 6) is -1.40. The van der Waals surface area contributed by atoms with E-state index in [0.717, 1.165) is 5.56 Å². The van der Waals surface area contributed by atoms with Gasteiger partial charge >= 0.3 is 0 Å². The number of rotatable bonds is 5. The van der Waals surface area contributed by atoms with Crippen molar-refractivity contribution in [3.8, 4) is 6.07 Å². The van der Waals surface area contributed by atoms with Gasteiger partial charge in [0, 0.05) is 33.8 Å². The number of hydrogen-bond donors (Lipinski definition) is 1. The number of carbonyl (C=O) groups excluding carboxylic acids is 2. The van der Waals surface area contributed by atoms with Crippen LogP contribution in [0.25, 0.3) is 0 Å². The van der Waals surface area contributed by atoms with E-state index in [1.165, 1.54) is 30.0 Å². The van der Waals surface area contributed by atoms with Gasteiger partial charge in [0.1, 0.15) is 5.92 Å². The standard InChI is InChI=1S/C20H17ClN4O2S2/c1-11-17(12(2)26)18(13-3-5-14(21)6-4-13)15(9-22)19(24-11)29-10-16(27)25-20-23-7-8-28-20/h3-8,15,18H,10H2,1-2H3,(H,23,25,27)/t15?,18-/m1/s1. The van der Waals surface area contributed by atoms with Gasteiger partial charge in [-0.05, 0) is 31.5 Å². The number of anilines is 1. The van der Waals surface area contributed by atoms with Crippen LogP contribution in [0.5, 0.6) is 0 Å². The van der Waals surface area contributed by atoms with Gasteiger partial charge < -0.3 is 5.32 Å². The van der Waals surface area contributed by atoms with Crippen LogP contribution >= 0.6 is 34.7 Å². The third-order valence-corrected chi connectivity index (χ3v) is 6.34. The molecule has 0 spiro atoms. The number of thioether (sulfide) groups is 1. The summed E-state index contributed by atoms with van der Waals surface area (Å²) in [5.41, 5.74) is 1.88. The first-order valence-electron chi connectivity index (χ1n) is 8.68. The summed E-state index contributed by atoms with van der Waals surface area (Å²) in [6.45, 7) is 3.23. The molecule has 1 amide bonds. The maximum atomic E-state index is 12.3. The highest BCUT2D eigenvalue weighted by Gasteiger charge is 2.37. The Bertz CT molecular complexity index is 1020. The van der Waals surface area contributed by atoms with Gasteiger partial charge in [-0.2, -0.15) is 5.26 Å². The van der Waals surface area contributed by atoms with Gasteiger partial charge in [0.15, 0.2) is 10.9 Å². The topological polar surface area (TPSA) is 95.2 Å². The molecule has 148 valence electrons. The van der Waals surface area contributed by atoms with Crippen LogP contribution in [0.15, 0.2) is 52.1 Å². The fraction of sp³-hybridized carbons (Fsp3) is 0.250. The lowest BCUT2D eigenvalue weighted by molar-refractivity contribution is -0.114. The Hall–Kier alpha value is -2.47. The maximum Gasteiger partial charge on any atom is 0.236 e. The van der Waals surface area contributed by atoms with Crippen molar-refractivity contribution in [3.63, 3.8) is 0 Å². The number of benzene rings is 1. The predicted molar refractivity (Wildman–Crippen MR) is 117 cm³/mol. The second kappa shape index (κ2) is 9.35. The normalized spacial score (nSPS) is 18.8. The minimum Gasteiger partial charge on any atom is -0.301 e. The Balaban J connectivity index is 1.87. The number of aromatic nitrogens is 1. The summed E-state index contributed by atoms with van der Waals surface area (Å²) in [6, 6.07) is 9.38. The Kier molecular flexibility index (Phi) is 6.85. The predicted octanol–water partition coefficient (Wildman–Crippen LogP) is 4.67. The van der Waals surface area contributed by atoms with Gasteiger partial charge in [0.2, 0.25) is 5.91 Å². The fourth-order valence-electron chi connectivity index (χ4n) is 3.16. The fourth-order valence-corrected chi connectivity index (χ4v) is 4.76. The zero-order chi connectivity index (χ0) is 21.0.